The average molecular weight is 257 g/mol. The summed E-state index contributed by atoms with van der Waals surface area (Å²) in [6, 6.07) is 7.95. The summed E-state index contributed by atoms with van der Waals surface area (Å²) in [6.45, 7) is 4.41. The van der Waals surface area contributed by atoms with Crippen LogP contribution in [-0.4, -0.2) is 22.6 Å². The summed E-state index contributed by atoms with van der Waals surface area (Å²) < 4.78 is 5.16. The van der Waals surface area contributed by atoms with Crippen LogP contribution in [0.15, 0.2) is 28.8 Å². The second-order valence-electron chi connectivity index (χ2n) is 4.92. The molecule has 1 saturated heterocycles. The zero-order valence-corrected chi connectivity index (χ0v) is 11.0. The van der Waals surface area contributed by atoms with E-state index in [-0.39, 0.29) is 11.8 Å². The lowest BCUT2D eigenvalue weighted by atomic mass is 10.1. The monoisotopic (exact) mass is 257 g/mol. The molecule has 0 aliphatic carbocycles. The first-order chi connectivity index (χ1) is 9.13. The zero-order valence-electron chi connectivity index (χ0n) is 11.0. The van der Waals surface area contributed by atoms with Crippen LogP contribution in [-0.2, 0) is 4.79 Å². The van der Waals surface area contributed by atoms with Gasteiger partial charge in [-0.15, -0.1) is 0 Å². The van der Waals surface area contributed by atoms with Crippen molar-refractivity contribution in [1.29, 1.82) is 0 Å². The second-order valence-corrected chi connectivity index (χ2v) is 4.92. The summed E-state index contributed by atoms with van der Waals surface area (Å²) in [5.74, 6) is 1.26. The van der Waals surface area contributed by atoms with E-state index >= 15 is 0 Å². The van der Waals surface area contributed by atoms with Crippen molar-refractivity contribution in [2.24, 2.45) is 0 Å². The molecule has 2 aromatic rings. The highest BCUT2D eigenvalue weighted by Gasteiger charge is 2.34. The van der Waals surface area contributed by atoms with Gasteiger partial charge in [0.1, 0.15) is 0 Å². The molecule has 1 aromatic carbocycles. The van der Waals surface area contributed by atoms with E-state index in [1.165, 1.54) is 5.56 Å². The summed E-state index contributed by atoms with van der Waals surface area (Å²) in [7, 11) is 0. The Morgan fingerprint density at radius 3 is 2.63 bits per heavy atom. The van der Waals surface area contributed by atoms with Crippen LogP contribution in [0.3, 0.4) is 0 Å². The van der Waals surface area contributed by atoms with E-state index in [0.717, 1.165) is 5.69 Å². The Balaban J connectivity index is 1.82. The predicted octanol–water partition coefficient (Wildman–Crippen LogP) is 2.21. The topological polar surface area (TPSA) is 59.2 Å². The maximum absolute atomic E-state index is 12.1. The number of hydrogen-bond acceptors (Lipinski definition) is 4. The molecule has 5 heteroatoms. The van der Waals surface area contributed by atoms with Gasteiger partial charge in [0, 0.05) is 18.7 Å². The average Bonchev–Trinajstić information content (AvgIpc) is 2.97. The summed E-state index contributed by atoms with van der Waals surface area (Å²) in [6.07, 6.45) is 0.426. The second kappa shape index (κ2) is 4.50. The Labute approximate surface area is 111 Å². The van der Waals surface area contributed by atoms with Crippen LogP contribution in [0, 0.1) is 13.8 Å². The maximum atomic E-state index is 12.1. The first kappa shape index (κ1) is 11.9. The molecule has 0 bridgehead atoms. The molecule has 5 nitrogen and oxygen atoms in total. The molecule has 0 spiro atoms. The quantitative estimate of drug-likeness (QED) is 0.827. The lowest BCUT2D eigenvalue weighted by molar-refractivity contribution is -0.117. The number of aryl methyl sites for hydroxylation is 2. The minimum atomic E-state index is -0.00463. The molecule has 3 rings (SSSR count). The lowest BCUT2D eigenvalue weighted by Gasteiger charge is -2.16. The fourth-order valence-electron chi connectivity index (χ4n) is 2.33. The van der Waals surface area contributed by atoms with Crippen molar-refractivity contribution in [3.05, 3.63) is 41.5 Å². The molecule has 1 atom stereocenters. The number of amides is 1. The van der Waals surface area contributed by atoms with Crippen molar-refractivity contribution in [2.75, 3.05) is 11.4 Å². The van der Waals surface area contributed by atoms with Crippen LogP contribution in [0.5, 0.6) is 0 Å². The minimum absolute atomic E-state index is 0.00463. The number of nitrogens with zero attached hydrogens (tertiary/aromatic N) is 3. The Morgan fingerprint density at radius 2 is 2.00 bits per heavy atom. The van der Waals surface area contributed by atoms with Gasteiger partial charge >= 0.3 is 0 Å². The molecule has 1 aliphatic heterocycles. The van der Waals surface area contributed by atoms with Gasteiger partial charge in [-0.2, -0.15) is 4.98 Å². The third-order valence-electron chi connectivity index (χ3n) is 3.36. The number of benzene rings is 1. The van der Waals surface area contributed by atoms with E-state index < -0.39 is 0 Å². The molecule has 1 fully saturated rings. The lowest BCUT2D eigenvalue weighted by Crippen LogP contribution is -2.24. The number of carbonyl (C=O) groups is 1. The number of aromatic nitrogens is 2. The van der Waals surface area contributed by atoms with Crippen LogP contribution in [0.2, 0.25) is 0 Å². The Kier molecular flexibility index (Phi) is 2.81. The fourth-order valence-corrected chi connectivity index (χ4v) is 2.33. The molecule has 0 unspecified atom stereocenters. The van der Waals surface area contributed by atoms with Crippen LogP contribution in [0.4, 0.5) is 5.69 Å². The molecule has 0 N–H and O–H groups in total. The van der Waals surface area contributed by atoms with Crippen LogP contribution >= 0.6 is 0 Å². The van der Waals surface area contributed by atoms with Crippen molar-refractivity contribution in [2.45, 2.75) is 26.2 Å². The van der Waals surface area contributed by atoms with Gasteiger partial charge in [-0.1, -0.05) is 22.9 Å². The molecule has 98 valence electrons. The Morgan fingerprint density at radius 1 is 1.26 bits per heavy atom. The van der Waals surface area contributed by atoms with Crippen molar-refractivity contribution >= 4 is 11.6 Å². The minimum Gasteiger partial charge on any atom is -0.339 e. The van der Waals surface area contributed by atoms with E-state index in [4.69, 9.17) is 4.52 Å². The van der Waals surface area contributed by atoms with E-state index in [0.29, 0.717) is 24.7 Å². The van der Waals surface area contributed by atoms with E-state index in [2.05, 4.69) is 10.1 Å². The van der Waals surface area contributed by atoms with E-state index in [9.17, 15) is 4.79 Å². The summed E-state index contributed by atoms with van der Waals surface area (Å²) >= 11 is 0. The highest BCUT2D eigenvalue weighted by atomic mass is 16.5. The zero-order chi connectivity index (χ0) is 13.4. The number of carbonyl (C=O) groups excluding carboxylic acids is 1. The molecule has 1 aliphatic rings. The number of hydrogen-bond donors (Lipinski definition) is 0. The number of rotatable bonds is 2. The predicted molar refractivity (Wildman–Crippen MR) is 69.9 cm³/mol. The summed E-state index contributed by atoms with van der Waals surface area (Å²) in [4.78, 5) is 18.1. The molecule has 1 amide bonds. The van der Waals surface area contributed by atoms with Crippen molar-refractivity contribution in [3.8, 4) is 0 Å². The normalized spacial score (nSPS) is 19.2. The van der Waals surface area contributed by atoms with Gasteiger partial charge in [0.15, 0.2) is 5.82 Å². The SMILES string of the molecule is Cc1ccc(N2C[C@@H](c3nc(C)no3)CC2=O)cc1. The van der Waals surface area contributed by atoms with Crippen molar-refractivity contribution < 1.29 is 9.32 Å². The highest BCUT2D eigenvalue weighted by Crippen LogP contribution is 2.30. The van der Waals surface area contributed by atoms with Gasteiger partial charge in [-0.05, 0) is 26.0 Å². The van der Waals surface area contributed by atoms with Crippen LogP contribution in [0.1, 0.15) is 29.6 Å². The summed E-state index contributed by atoms with van der Waals surface area (Å²) in [5.41, 5.74) is 2.11. The summed E-state index contributed by atoms with van der Waals surface area (Å²) in [5, 5.41) is 3.78. The van der Waals surface area contributed by atoms with E-state index in [1.807, 2.05) is 31.2 Å². The van der Waals surface area contributed by atoms with Crippen LogP contribution < -0.4 is 4.90 Å². The maximum Gasteiger partial charge on any atom is 0.232 e. The van der Waals surface area contributed by atoms with Crippen molar-refractivity contribution in [1.82, 2.24) is 10.1 Å². The third-order valence-corrected chi connectivity index (χ3v) is 3.36. The molecule has 0 saturated carbocycles. The molecular formula is C14H15N3O2. The molecular weight excluding hydrogens is 242 g/mol. The Hall–Kier alpha value is -2.17. The third kappa shape index (κ3) is 2.23. The van der Waals surface area contributed by atoms with Gasteiger partial charge in [0.2, 0.25) is 11.8 Å². The standard InChI is InChI=1S/C14H15N3O2/c1-9-3-5-12(6-4-9)17-8-11(7-13(17)18)14-15-10(2)16-19-14/h3-6,11H,7-8H2,1-2H3/t11-/m0/s1. The molecule has 1 aromatic heterocycles. The Bertz CT molecular complexity index is 603. The van der Waals surface area contributed by atoms with Gasteiger partial charge in [0.05, 0.1) is 5.92 Å². The van der Waals surface area contributed by atoms with Gasteiger partial charge in [-0.25, -0.2) is 0 Å². The van der Waals surface area contributed by atoms with Crippen LogP contribution in [0.25, 0.3) is 0 Å². The first-order valence-corrected chi connectivity index (χ1v) is 6.31. The van der Waals surface area contributed by atoms with E-state index in [1.54, 1.807) is 11.8 Å². The van der Waals surface area contributed by atoms with Gasteiger partial charge in [-0.3, -0.25) is 4.79 Å². The smallest absolute Gasteiger partial charge is 0.232 e. The fraction of sp³-hybridized carbons (Fsp3) is 0.357. The molecule has 2 heterocycles. The van der Waals surface area contributed by atoms with Gasteiger partial charge in [0.25, 0.3) is 0 Å². The van der Waals surface area contributed by atoms with Gasteiger partial charge < -0.3 is 9.42 Å². The number of anilines is 1. The first-order valence-electron chi connectivity index (χ1n) is 6.31. The highest BCUT2D eigenvalue weighted by molar-refractivity contribution is 5.96. The molecule has 0 radical (unpaired) electrons. The molecule has 19 heavy (non-hydrogen) atoms. The van der Waals surface area contributed by atoms with Crippen molar-refractivity contribution in [3.63, 3.8) is 0 Å². The largest absolute Gasteiger partial charge is 0.339 e.